The maximum Gasteiger partial charge on any atom is 0.253 e. The Morgan fingerprint density at radius 2 is 2.35 bits per heavy atom. The summed E-state index contributed by atoms with van der Waals surface area (Å²) in [6.45, 7) is 0.297. The largest absolute Gasteiger partial charge is 0.397 e. The summed E-state index contributed by atoms with van der Waals surface area (Å²) in [4.78, 5) is 22.4. The van der Waals surface area contributed by atoms with Crippen molar-refractivity contribution < 1.29 is 4.79 Å². The van der Waals surface area contributed by atoms with Gasteiger partial charge in [0.25, 0.3) is 5.91 Å². The van der Waals surface area contributed by atoms with Gasteiger partial charge in [0, 0.05) is 12.4 Å². The molecule has 2 rings (SSSR count). The molecule has 7 heteroatoms. The Morgan fingerprint density at radius 3 is 3.06 bits per heavy atom. The molecule has 0 aliphatic carbocycles. The molecule has 0 unspecified atom stereocenters. The topological polar surface area (TPSA) is 96.7 Å². The normalized spacial score (nSPS) is 10.2. The van der Waals surface area contributed by atoms with E-state index in [1.54, 1.807) is 12.4 Å². The van der Waals surface area contributed by atoms with Crippen LogP contribution in [0.15, 0.2) is 24.7 Å². The van der Waals surface area contributed by atoms with E-state index >= 15 is 0 Å². The van der Waals surface area contributed by atoms with E-state index in [0.29, 0.717) is 17.9 Å². The number of aromatic nitrogens is 3. The zero-order chi connectivity index (χ0) is 12.3. The minimum atomic E-state index is -0.316. The number of pyridine rings is 1. The molecule has 0 aliphatic rings. The zero-order valence-corrected chi connectivity index (χ0v) is 9.53. The first-order valence-electron chi connectivity index (χ1n) is 4.84. The van der Waals surface area contributed by atoms with Crippen LogP contribution in [0.25, 0.3) is 0 Å². The lowest BCUT2D eigenvalue weighted by atomic mass is 10.2. The first-order valence-corrected chi connectivity index (χ1v) is 5.22. The van der Waals surface area contributed by atoms with E-state index in [2.05, 4.69) is 20.3 Å². The molecular formula is C10H10ClN5O. The maximum absolute atomic E-state index is 11.8. The summed E-state index contributed by atoms with van der Waals surface area (Å²) >= 11 is 5.70. The van der Waals surface area contributed by atoms with Crippen LogP contribution in [0.4, 0.5) is 5.69 Å². The van der Waals surface area contributed by atoms with Gasteiger partial charge in [0.2, 0.25) is 0 Å². The van der Waals surface area contributed by atoms with Crippen molar-refractivity contribution in [2.45, 2.75) is 6.54 Å². The molecule has 2 heterocycles. The molecule has 0 aliphatic heterocycles. The number of imidazole rings is 1. The number of halogens is 1. The number of hydrogen-bond acceptors (Lipinski definition) is 4. The number of anilines is 1. The molecule has 88 valence electrons. The molecule has 0 fully saturated rings. The fraction of sp³-hybridized carbons (Fsp3) is 0.100. The third-order valence-corrected chi connectivity index (χ3v) is 2.32. The molecule has 0 radical (unpaired) electrons. The van der Waals surface area contributed by atoms with Crippen LogP contribution >= 0.6 is 11.6 Å². The highest BCUT2D eigenvalue weighted by atomic mass is 35.5. The van der Waals surface area contributed by atoms with E-state index in [1.165, 1.54) is 12.3 Å². The quantitative estimate of drug-likeness (QED) is 0.708. The van der Waals surface area contributed by atoms with Gasteiger partial charge in [-0.15, -0.1) is 0 Å². The molecule has 0 atom stereocenters. The highest BCUT2D eigenvalue weighted by Crippen LogP contribution is 2.14. The van der Waals surface area contributed by atoms with E-state index in [-0.39, 0.29) is 16.7 Å². The predicted molar refractivity (Wildman–Crippen MR) is 63.4 cm³/mol. The number of nitrogens with two attached hydrogens (primary N) is 1. The second kappa shape index (κ2) is 4.84. The smallest absolute Gasteiger partial charge is 0.253 e. The monoisotopic (exact) mass is 251 g/mol. The number of hydrogen-bond donors (Lipinski definition) is 3. The molecule has 6 nitrogen and oxygen atoms in total. The van der Waals surface area contributed by atoms with Crippen LogP contribution in [0.5, 0.6) is 0 Å². The summed E-state index contributed by atoms with van der Waals surface area (Å²) in [5.74, 6) is 0.347. The summed E-state index contributed by atoms with van der Waals surface area (Å²) < 4.78 is 0. The van der Waals surface area contributed by atoms with Crippen molar-refractivity contribution in [2.75, 3.05) is 5.73 Å². The average Bonchev–Trinajstić information content (AvgIpc) is 2.82. The Balaban J connectivity index is 2.07. The molecule has 1 amide bonds. The van der Waals surface area contributed by atoms with Gasteiger partial charge in [-0.3, -0.25) is 4.79 Å². The van der Waals surface area contributed by atoms with Gasteiger partial charge in [0.15, 0.2) is 0 Å². The molecule has 2 aromatic heterocycles. The van der Waals surface area contributed by atoms with Gasteiger partial charge in [-0.1, -0.05) is 11.6 Å². The van der Waals surface area contributed by atoms with Gasteiger partial charge in [-0.2, -0.15) is 0 Å². The minimum Gasteiger partial charge on any atom is -0.397 e. The van der Waals surface area contributed by atoms with Crippen LogP contribution < -0.4 is 11.1 Å². The van der Waals surface area contributed by atoms with Crippen molar-refractivity contribution in [1.82, 2.24) is 20.3 Å². The number of amides is 1. The van der Waals surface area contributed by atoms with Crippen LogP contribution in [0, 0.1) is 0 Å². The summed E-state index contributed by atoms with van der Waals surface area (Å²) in [6.07, 6.45) is 4.64. The summed E-state index contributed by atoms with van der Waals surface area (Å²) in [5, 5.41) is 2.89. The SMILES string of the molecule is Nc1cnc(Cl)cc1C(=O)NCc1ncc[nH]1. The summed E-state index contributed by atoms with van der Waals surface area (Å²) in [6, 6.07) is 1.42. The number of H-pyrrole nitrogens is 1. The lowest BCUT2D eigenvalue weighted by molar-refractivity contribution is 0.0951. The van der Waals surface area contributed by atoms with Crippen LogP contribution in [0.1, 0.15) is 16.2 Å². The molecule has 17 heavy (non-hydrogen) atoms. The van der Waals surface area contributed by atoms with E-state index in [0.717, 1.165) is 0 Å². The van der Waals surface area contributed by atoms with Crippen LogP contribution in [-0.4, -0.2) is 20.9 Å². The highest BCUT2D eigenvalue weighted by molar-refractivity contribution is 6.29. The van der Waals surface area contributed by atoms with Crippen molar-refractivity contribution in [2.24, 2.45) is 0 Å². The third kappa shape index (κ3) is 2.73. The Hall–Kier alpha value is -2.08. The first kappa shape index (κ1) is 11.4. The lowest BCUT2D eigenvalue weighted by Gasteiger charge is -2.06. The van der Waals surface area contributed by atoms with E-state index in [4.69, 9.17) is 17.3 Å². The first-order chi connectivity index (χ1) is 8.16. The zero-order valence-electron chi connectivity index (χ0n) is 8.77. The van der Waals surface area contributed by atoms with E-state index in [9.17, 15) is 4.79 Å². The molecule has 4 N–H and O–H groups in total. The van der Waals surface area contributed by atoms with Crippen molar-refractivity contribution in [3.8, 4) is 0 Å². The van der Waals surface area contributed by atoms with Crippen molar-refractivity contribution >= 4 is 23.2 Å². The standard InChI is InChI=1S/C10H10ClN5O/c11-8-3-6(7(12)4-15-8)10(17)16-5-9-13-1-2-14-9/h1-4H,5,12H2,(H,13,14)(H,16,17). The summed E-state index contributed by atoms with van der Waals surface area (Å²) in [7, 11) is 0. The number of aromatic amines is 1. The van der Waals surface area contributed by atoms with Crippen LogP contribution in [0.3, 0.4) is 0 Å². The second-order valence-corrected chi connectivity index (χ2v) is 3.70. The average molecular weight is 252 g/mol. The van der Waals surface area contributed by atoms with E-state index < -0.39 is 0 Å². The molecule has 0 saturated carbocycles. The molecule has 2 aromatic rings. The minimum absolute atomic E-state index is 0.224. The molecule has 0 saturated heterocycles. The van der Waals surface area contributed by atoms with Crippen LogP contribution in [-0.2, 0) is 6.54 Å². The third-order valence-electron chi connectivity index (χ3n) is 2.12. The summed E-state index contributed by atoms with van der Waals surface area (Å²) in [5.41, 5.74) is 6.22. The fourth-order valence-corrected chi connectivity index (χ4v) is 1.45. The Kier molecular flexibility index (Phi) is 3.24. The van der Waals surface area contributed by atoms with Crippen molar-refractivity contribution in [3.05, 3.63) is 41.2 Å². The number of nitrogens with zero attached hydrogens (tertiary/aromatic N) is 2. The predicted octanol–water partition coefficient (Wildman–Crippen LogP) is 0.970. The Bertz CT molecular complexity index is 525. The van der Waals surface area contributed by atoms with Gasteiger partial charge >= 0.3 is 0 Å². The van der Waals surface area contributed by atoms with Gasteiger partial charge in [-0.05, 0) is 6.07 Å². The van der Waals surface area contributed by atoms with Crippen molar-refractivity contribution in [3.63, 3.8) is 0 Å². The number of nitrogen functional groups attached to an aromatic ring is 1. The van der Waals surface area contributed by atoms with Gasteiger partial charge in [0.05, 0.1) is 24.0 Å². The molecule has 0 aromatic carbocycles. The Labute approximate surface area is 102 Å². The van der Waals surface area contributed by atoms with Gasteiger partial charge < -0.3 is 16.0 Å². The molecule has 0 bridgehead atoms. The number of carbonyl (C=O) groups excluding carboxylic acids is 1. The molecule has 0 spiro atoms. The number of carbonyl (C=O) groups is 1. The van der Waals surface area contributed by atoms with Crippen molar-refractivity contribution in [1.29, 1.82) is 0 Å². The Morgan fingerprint density at radius 1 is 1.53 bits per heavy atom. The highest BCUT2D eigenvalue weighted by Gasteiger charge is 2.10. The molecular weight excluding hydrogens is 242 g/mol. The lowest BCUT2D eigenvalue weighted by Crippen LogP contribution is -2.24. The number of rotatable bonds is 3. The van der Waals surface area contributed by atoms with Gasteiger partial charge in [-0.25, -0.2) is 9.97 Å². The number of nitrogens with one attached hydrogen (secondary N) is 2. The van der Waals surface area contributed by atoms with Gasteiger partial charge in [0.1, 0.15) is 11.0 Å². The van der Waals surface area contributed by atoms with Crippen LogP contribution in [0.2, 0.25) is 5.15 Å². The maximum atomic E-state index is 11.8. The van der Waals surface area contributed by atoms with E-state index in [1.807, 2.05) is 0 Å². The second-order valence-electron chi connectivity index (χ2n) is 3.31. The fourth-order valence-electron chi connectivity index (χ4n) is 1.29.